The molecule has 0 bridgehead atoms. The van der Waals surface area contributed by atoms with Crippen molar-refractivity contribution in [3.8, 4) is 0 Å². The number of carbonyl (C=O) groups is 2. The molecule has 15 heavy (non-hydrogen) atoms. The monoisotopic (exact) mass is 215 g/mol. The zero-order valence-corrected chi connectivity index (χ0v) is 9.41. The molecule has 0 saturated heterocycles. The van der Waals surface area contributed by atoms with Gasteiger partial charge < -0.3 is 9.47 Å². The maximum absolute atomic E-state index is 11.3. The van der Waals surface area contributed by atoms with Crippen molar-refractivity contribution in [3.63, 3.8) is 0 Å². The number of hydrogen-bond donors (Lipinski definition) is 0. The Labute approximate surface area is 89.5 Å². The topological polar surface area (TPSA) is 65.0 Å². The highest BCUT2D eigenvalue weighted by molar-refractivity contribution is 6.62. The standard InChI is InChI=1S/C10H17NO4/c1-4-6-14-9(12)8(11-3)10(13)15-7-5-2/h4-7H2,1-3H3. The Morgan fingerprint density at radius 2 is 1.40 bits per heavy atom. The number of nitrogens with zero attached hydrogens (tertiary/aromatic N) is 1. The van der Waals surface area contributed by atoms with Gasteiger partial charge in [0.25, 0.3) is 0 Å². The highest BCUT2D eigenvalue weighted by atomic mass is 16.6. The summed E-state index contributed by atoms with van der Waals surface area (Å²) in [6.45, 7) is 4.29. The molecule has 0 heterocycles. The molecule has 0 aromatic heterocycles. The zero-order valence-electron chi connectivity index (χ0n) is 9.41. The van der Waals surface area contributed by atoms with Crippen molar-refractivity contribution in [1.82, 2.24) is 0 Å². The van der Waals surface area contributed by atoms with Gasteiger partial charge in [0.1, 0.15) is 0 Å². The van der Waals surface area contributed by atoms with Crippen LogP contribution in [-0.4, -0.2) is 37.9 Å². The Morgan fingerprint density at radius 3 is 1.67 bits per heavy atom. The van der Waals surface area contributed by atoms with E-state index < -0.39 is 11.9 Å². The number of esters is 2. The van der Waals surface area contributed by atoms with Gasteiger partial charge in [-0.3, -0.25) is 4.99 Å². The van der Waals surface area contributed by atoms with E-state index in [2.05, 4.69) is 4.99 Å². The average molecular weight is 215 g/mol. The van der Waals surface area contributed by atoms with Crippen LogP contribution in [0.25, 0.3) is 0 Å². The van der Waals surface area contributed by atoms with Crippen molar-refractivity contribution >= 4 is 17.7 Å². The summed E-state index contributed by atoms with van der Waals surface area (Å²) in [4.78, 5) is 26.1. The summed E-state index contributed by atoms with van der Waals surface area (Å²) in [6.07, 6.45) is 1.40. The van der Waals surface area contributed by atoms with Crippen molar-refractivity contribution in [2.75, 3.05) is 20.3 Å². The molecule has 0 aromatic carbocycles. The molecule has 0 amide bonds. The molecule has 0 spiro atoms. The minimum atomic E-state index is -0.722. The maximum atomic E-state index is 11.3. The maximum Gasteiger partial charge on any atom is 0.364 e. The molecule has 0 atom stereocenters. The molecule has 0 aliphatic heterocycles. The van der Waals surface area contributed by atoms with Crippen molar-refractivity contribution in [2.45, 2.75) is 26.7 Å². The van der Waals surface area contributed by atoms with Crippen LogP contribution in [0, 0.1) is 0 Å². The molecule has 0 unspecified atom stereocenters. The third-order valence-corrected chi connectivity index (χ3v) is 1.48. The predicted octanol–water partition coefficient (Wildman–Crippen LogP) is 0.964. The molecule has 0 aromatic rings. The molecule has 86 valence electrons. The van der Waals surface area contributed by atoms with E-state index in [4.69, 9.17) is 9.47 Å². The highest BCUT2D eigenvalue weighted by Crippen LogP contribution is 1.92. The van der Waals surface area contributed by atoms with E-state index in [1.807, 2.05) is 13.8 Å². The molecule has 0 aliphatic rings. The lowest BCUT2D eigenvalue weighted by atomic mass is 10.4. The van der Waals surface area contributed by atoms with Crippen LogP contribution in [0.3, 0.4) is 0 Å². The largest absolute Gasteiger partial charge is 0.461 e. The Kier molecular flexibility index (Phi) is 7.23. The van der Waals surface area contributed by atoms with Crippen molar-refractivity contribution < 1.29 is 19.1 Å². The number of hydrogen-bond acceptors (Lipinski definition) is 5. The van der Waals surface area contributed by atoms with Gasteiger partial charge in [-0.1, -0.05) is 13.8 Å². The lowest BCUT2D eigenvalue weighted by molar-refractivity contribution is -0.141. The first kappa shape index (κ1) is 13.6. The Morgan fingerprint density at radius 1 is 1.00 bits per heavy atom. The van der Waals surface area contributed by atoms with E-state index in [0.717, 1.165) is 0 Å². The Balaban J connectivity index is 4.23. The molecule has 0 aliphatic carbocycles. The molecule has 5 heteroatoms. The highest BCUT2D eigenvalue weighted by Gasteiger charge is 2.22. The fourth-order valence-corrected chi connectivity index (χ4v) is 0.792. The van der Waals surface area contributed by atoms with Gasteiger partial charge in [-0.15, -0.1) is 0 Å². The van der Waals surface area contributed by atoms with Gasteiger partial charge in [-0.05, 0) is 12.8 Å². The van der Waals surface area contributed by atoms with Gasteiger partial charge in [0.2, 0.25) is 5.71 Å². The summed E-state index contributed by atoms with van der Waals surface area (Å²) < 4.78 is 9.55. The first-order chi connectivity index (χ1) is 7.17. The summed E-state index contributed by atoms with van der Waals surface area (Å²) in [5, 5.41) is 0. The van der Waals surface area contributed by atoms with Gasteiger partial charge in [-0.25, -0.2) is 9.59 Å². The van der Waals surface area contributed by atoms with E-state index in [0.29, 0.717) is 12.8 Å². The van der Waals surface area contributed by atoms with Crippen LogP contribution in [0.15, 0.2) is 4.99 Å². The number of rotatable bonds is 6. The van der Waals surface area contributed by atoms with E-state index >= 15 is 0 Å². The molecular formula is C10H17NO4. The lowest BCUT2D eigenvalue weighted by Gasteiger charge is -2.05. The fourth-order valence-electron chi connectivity index (χ4n) is 0.792. The Hall–Kier alpha value is -1.39. The predicted molar refractivity (Wildman–Crippen MR) is 55.9 cm³/mol. The van der Waals surface area contributed by atoms with E-state index in [9.17, 15) is 9.59 Å². The quantitative estimate of drug-likeness (QED) is 0.376. The molecule has 0 rings (SSSR count). The fraction of sp³-hybridized carbons (Fsp3) is 0.700. The summed E-state index contributed by atoms with van der Waals surface area (Å²) in [6, 6.07) is 0. The van der Waals surface area contributed by atoms with E-state index in [1.54, 1.807) is 0 Å². The Bertz CT molecular complexity index is 226. The van der Waals surface area contributed by atoms with Crippen LogP contribution in [0.1, 0.15) is 26.7 Å². The number of aliphatic imine (C=N–C) groups is 1. The van der Waals surface area contributed by atoms with Gasteiger partial charge >= 0.3 is 11.9 Å². The molecule has 0 fully saturated rings. The summed E-state index contributed by atoms with van der Waals surface area (Å²) in [7, 11) is 1.36. The van der Waals surface area contributed by atoms with Crippen LogP contribution in [-0.2, 0) is 19.1 Å². The van der Waals surface area contributed by atoms with Crippen LogP contribution in [0.5, 0.6) is 0 Å². The number of ether oxygens (including phenoxy) is 2. The first-order valence-corrected chi connectivity index (χ1v) is 4.98. The van der Waals surface area contributed by atoms with Crippen molar-refractivity contribution in [3.05, 3.63) is 0 Å². The van der Waals surface area contributed by atoms with Gasteiger partial charge in [0, 0.05) is 7.05 Å². The molecule has 0 N–H and O–H groups in total. The summed E-state index contributed by atoms with van der Waals surface area (Å²) in [5.74, 6) is -1.44. The van der Waals surface area contributed by atoms with Crippen LogP contribution >= 0.6 is 0 Å². The van der Waals surface area contributed by atoms with Gasteiger partial charge in [0.05, 0.1) is 13.2 Å². The van der Waals surface area contributed by atoms with E-state index in [-0.39, 0.29) is 18.9 Å². The van der Waals surface area contributed by atoms with Gasteiger partial charge in [-0.2, -0.15) is 0 Å². The molecule has 0 saturated carbocycles. The minimum Gasteiger partial charge on any atom is -0.461 e. The van der Waals surface area contributed by atoms with E-state index in [1.165, 1.54) is 7.05 Å². The smallest absolute Gasteiger partial charge is 0.364 e. The van der Waals surface area contributed by atoms with Gasteiger partial charge in [0.15, 0.2) is 0 Å². The first-order valence-electron chi connectivity index (χ1n) is 4.98. The lowest BCUT2D eigenvalue weighted by Crippen LogP contribution is -2.28. The number of carbonyl (C=O) groups excluding carboxylic acids is 2. The minimum absolute atomic E-state index is 0.277. The van der Waals surface area contributed by atoms with Crippen LogP contribution in [0.2, 0.25) is 0 Å². The summed E-state index contributed by atoms with van der Waals surface area (Å²) >= 11 is 0. The SMILES string of the molecule is CCCOC(=O)C(=NC)C(=O)OCCC. The molecular weight excluding hydrogens is 198 g/mol. The second-order valence-corrected chi connectivity index (χ2v) is 2.84. The second kappa shape index (κ2) is 7.96. The average Bonchev–Trinajstić information content (AvgIpc) is 2.24. The summed E-state index contributed by atoms with van der Waals surface area (Å²) in [5.41, 5.74) is -0.281. The third-order valence-electron chi connectivity index (χ3n) is 1.48. The van der Waals surface area contributed by atoms with Crippen molar-refractivity contribution in [2.24, 2.45) is 4.99 Å². The third kappa shape index (κ3) is 5.15. The molecule has 0 radical (unpaired) electrons. The van der Waals surface area contributed by atoms with Crippen LogP contribution < -0.4 is 0 Å². The van der Waals surface area contributed by atoms with Crippen molar-refractivity contribution in [1.29, 1.82) is 0 Å². The zero-order chi connectivity index (χ0) is 11.7. The van der Waals surface area contributed by atoms with Crippen LogP contribution in [0.4, 0.5) is 0 Å². The normalized spacial score (nSPS) is 9.27. The second-order valence-electron chi connectivity index (χ2n) is 2.84. The molecule has 5 nitrogen and oxygen atoms in total.